The number of aryl methyl sites for hydroxylation is 2. The summed E-state index contributed by atoms with van der Waals surface area (Å²) in [6, 6.07) is 26.6. The van der Waals surface area contributed by atoms with Crippen LogP contribution in [0.5, 0.6) is 0 Å². The maximum absolute atomic E-state index is 5.60. The Kier molecular flexibility index (Phi) is 7.75. The highest BCUT2D eigenvalue weighted by atomic mass is 15.1. The number of anilines is 1. The molecule has 0 unspecified atom stereocenters. The van der Waals surface area contributed by atoms with Crippen LogP contribution >= 0.6 is 0 Å². The van der Waals surface area contributed by atoms with Crippen LogP contribution in [0.15, 0.2) is 72.8 Å². The third-order valence-electron chi connectivity index (χ3n) is 10.7. The summed E-state index contributed by atoms with van der Waals surface area (Å²) in [6.07, 6.45) is 8.77. The van der Waals surface area contributed by atoms with Gasteiger partial charge in [0.25, 0.3) is 0 Å². The smallest absolute Gasteiger partial charge is 0.0936 e. The summed E-state index contributed by atoms with van der Waals surface area (Å²) in [4.78, 5) is 18.8. The Morgan fingerprint density at radius 2 is 0.979 bits per heavy atom. The molecule has 0 fully saturated rings. The second-order valence-electron chi connectivity index (χ2n) is 13.5. The van der Waals surface area contributed by atoms with E-state index in [-0.39, 0.29) is 0 Å². The van der Waals surface area contributed by atoms with Crippen LogP contribution in [0.1, 0.15) is 72.9 Å². The molecule has 4 nitrogen and oxygen atoms in total. The van der Waals surface area contributed by atoms with Crippen LogP contribution in [-0.4, -0.2) is 28.0 Å². The van der Waals surface area contributed by atoms with Gasteiger partial charge in [-0.25, -0.2) is 15.0 Å². The fourth-order valence-corrected chi connectivity index (χ4v) is 8.14. The van der Waals surface area contributed by atoms with Crippen LogP contribution in [0.4, 0.5) is 5.69 Å². The van der Waals surface area contributed by atoms with Crippen molar-refractivity contribution >= 4 is 27.5 Å². The second-order valence-corrected chi connectivity index (χ2v) is 13.5. The van der Waals surface area contributed by atoms with Crippen molar-refractivity contribution in [2.45, 2.75) is 79.1 Å². The molecule has 0 atom stereocenters. The molecule has 2 aliphatic rings. The fraction of sp³-hybridized carbons (Fsp3) is 0.326. The van der Waals surface area contributed by atoms with E-state index in [1.807, 2.05) is 0 Å². The molecular formula is C43H44N4. The highest BCUT2D eigenvalue weighted by Gasteiger charge is 2.32. The molecule has 3 aromatic carbocycles. The Hall–Kier alpha value is -4.57. The number of para-hydroxylation sites is 2. The predicted molar refractivity (Wildman–Crippen MR) is 197 cm³/mol. The maximum atomic E-state index is 5.60. The molecule has 3 heterocycles. The van der Waals surface area contributed by atoms with E-state index in [0.717, 1.165) is 72.6 Å². The molecule has 0 bridgehead atoms. The number of nitrogens with zero attached hydrogens (tertiary/aromatic N) is 4. The van der Waals surface area contributed by atoms with Crippen LogP contribution in [0.25, 0.3) is 55.7 Å². The predicted octanol–water partition coefficient (Wildman–Crippen LogP) is 10.4. The van der Waals surface area contributed by atoms with E-state index < -0.39 is 0 Å². The first-order chi connectivity index (χ1) is 23.1. The summed E-state index contributed by atoms with van der Waals surface area (Å²) in [5, 5.41) is 2.49. The first-order valence-corrected chi connectivity index (χ1v) is 17.8. The lowest BCUT2D eigenvalue weighted by Crippen LogP contribution is -2.25. The summed E-state index contributed by atoms with van der Waals surface area (Å²) in [5.41, 5.74) is 18.3. The minimum Gasteiger partial charge on any atom is -0.372 e. The summed E-state index contributed by atoms with van der Waals surface area (Å²) < 4.78 is 0. The lowest BCUT2D eigenvalue weighted by atomic mass is 9.78. The molecule has 0 radical (unpaired) electrons. The molecule has 0 saturated heterocycles. The zero-order chi connectivity index (χ0) is 32.1. The quantitative estimate of drug-likeness (QED) is 0.171. The van der Waals surface area contributed by atoms with E-state index in [2.05, 4.69) is 105 Å². The molecule has 6 aromatic rings. The number of hydrogen-bond donors (Lipinski definition) is 0. The van der Waals surface area contributed by atoms with Gasteiger partial charge in [0.15, 0.2) is 0 Å². The Bertz CT molecular complexity index is 2020. The van der Waals surface area contributed by atoms with E-state index in [0.29, 0.717) is 0 Å². The van der Waals surface area contributed by atoms with Crippen LogP contribution in [0.2, 0.25) is 0 Å². The van der Waals surface area contributed by atoms with Crippen molar-refractivity contribution in [3.63, 3.8) is 0 Å². The number of benzene rings is 3. The minimum absolute atomic E-state index is 0.969. The van der Waals surface area contributed by atoms with Gasteiger partial charge in [-0.2, -0.15) is 0 Å². The number of aromatic nitrogens is 3. The van der Waals surface area contributed by atoms with E-state index in [1.165, 1.54) is 86.7 Å². The van der Waals surface area contributed by atoms with Gasteiger partial charge in [-0.3, -0.25) is 0 Å². The van der Waals surface area contributed by atoms with Gasteiger partial charge in [0.05, 0.1) is 33.8 Å². The standard InChI is InChI=1S/C43H44N4/c1-5-7-25-47(26-8-6-2)30-19-17-29(18-20-30)39-35-23-21-33-27(3)31-13-9-11-15-37(31)44-40(33)42(35)46-43-36(39)24-22-34-28(4)32-14-10-12-16-38(32)45-41(34)43/h9-20H,5-8,21-26H2,1-4H3. The Balaban J connectivity index is 1.36. The highest BCUT2D eigenvalue weighted by molar-refractivity contribution is 5.93. The van der Waals surface area contributed by atoms with Crippen LogP contribution < -0.4 is 4.90 Å². The minimum atomic E-state index is 0.969. The molecule has 3 aromatic heterocycles. The average Bonchev–Trinajstić information content (AvgIpc) is 3.11. The zero-order valence-electron chi connectivity index (χ0n) is 28.3. The Labute approximate surface area is 278 Å². The van der Waals surface area contributed by atoms with Crippen LogP contribution in [0.3, 0.4) is 0 Å². The van der Waals surface area contributed by atoms with Gasteiger partial charge in [0.1, 0.15) is 0 Å². The molecule has 8 rings (SSSR count). The van der Waals surface area contributed by atoms with Gasteiger partial charge in [0, 0.05) is 29.5 Å². The van der Waals surface area contributed by atoms with E-state index in [4.69, 9.17) is 15.0 Å². The molecule has 2 aliphatic carbocycles. The topological polar surface area (TPSA) is 41.9 Å². The maximum Gasteiger partial charge on any atom is 0.0936 e. The Morgan fingerprint density at radius 1 is 0.532 bits per heavy atom. The molecule has 0 amide bonds. The van der Waals surface area contributed by atoms with E-state index in [1.54, 1.807) is 0 Å². The summed E-state index contributed by atoms with van der Waals surface area (Å²) in [7, 11) is 0. The molecule has 0 aliphatic heterocycles. The molecule has 0 spiro atoms. The van der Waals surface area contributed by atoms with Crippen molar-refractivity contribution in [1.82, 2.24) is 15.0 Å². The summed E-state index contributed by atoms with van der Waals surface area (Å²) in [6.45, 7) is 11.3. The molecule has 0 saturated carbocycles. The SMILES string of the molecule is CCCCN(CCCC)c1ccc(-c2c3c(nc4c2CCc2c-4nc4ccccc4c2C)-c2nc4ccccc4c(C)c2CC3)cc1. The van der Waals surface area contributed by atoms with Gasteiger partial charge in [0.2, 0.25) is 0 Å². The van der Waals surface area contributed by atoms with Crippen molar-refractivity contribution < 1.29 is 0 Å². The molecule has 4 heteroatoms. The monoisotopic (exact) mass is 616 g/mol. The number of hydrogen-bond acceptors (Lipinski definition) is 4. The largest absolute Gasteiger partial charge is 0.372 e. The van der Waals surface area contributed by atoms with E-state index >= 15 is 0 Å². The fourth-order valence-electron chi connectivity index (χ4n) is 8.14. The van der Waals surface area contributed by atoms with Gasteiger partial charge in [-0.1, -0.05) is 75.2 Å². The molecule has 0 N–H and O–H groups in total. The average molecular weight is 617 g/mol. The third-order valence-corrected chi connectivity index (χ3v) is 10.7. The normalized spacial score (nSPS) is 13.3. The molecular weight excluding hydrogens is 573 g/mol. The molecule has 47 heavy (non-hydrogen) atoms. The van der Waals surface area contributed by atoms with Crippen molar-refractivity contribution in [1.29, 1.82) is 0 Å². The third kappa shape index (κ3) is 5.01. The van der Waals surface area contributed by atoms with Crippen LogP contribution in [-0.2, 0) is 25.7 Å². The Morgan fingerprint density at radius 3 is 1.47 bits per heavy atom. The lowest BCUT2D eigenvalue weighted by molar-refractivity contribution is 0.678. The van der Waals surface area contributed by atoms with Gasteiger partial charge in [-0.05, 0) is 121 Å². The number of pyridine rings is 3. The summed E-state index contributed by atoms with van der Waals surface area (Å²) >= 11 is 0. The van der Waals surface area contributed by atoms with Crippen molar-refractivity contribution in [3.8, 4) is 33.9 Å². The lowest BCUT2D eigenvalue weighted by Gasteiger charge is -2.30. The van der Waals surface area contributed by atoms with Crippen molar-refractivity contribution in [3.05, 3.63) is 106 Å². The van der Waals surface area contributed by atoms with Gasteiger partial charge in [-0.15, -0.1) is 0 Å². The number of rotatable bonds is 8. The first-order valence-electron chi connectivity index (χ1n) is 17.8. The van der Waals surface area contributed by atoms with Crippen molar-refractivity contribution in [2.24, 2.45) is 0 Å². The second kappa shape index (κ2) is 12.2. The molecule has 236 valence electrons. The van der Waals surface area contributed by atoms with E-state index in [9.17, 15) is 0 Å². The number of fused-ring (bicyclic) bond motifs is 8. The van der Waals surface area contributed by atoms with Crippen LogP contribution in [0, 0.1) is 13.8 Å². The summed E-state index contributed by atoms with van der Waals surface area (Å²) in [5.74, 6) is 0. The number of unbranched alkanes of at least 4 members (excludes halogenated alkanes) is 2. The van der Waals surface area contributed by atoms with Gasteiger partial charge < -0.3 is 4.90 Å². The zero-order valence-corrected chi connectivity index (χ0v) is 28.3. The highest BCUT2D eigenvalue weighted by Crippen LogP contribution is 2.47. The van der Waals surface area contributed by atoms with Crippen molar-refractivity contribution in [2.75, 3.05) is 18.0 Å². The van der Waals surface area contributed by atoms with Gasteiger partial charge >= 0.3 is 0 Å². The first kappa shape index (κ1) is 29.8.